The molecular formula is C23H25N7OS. The van der Waals surface area contributed by atoms with E-state index >= 15 is 0 Å². The number of carbonyl (C=O) groups excluding carboxylic acids is 1. The Balaban J connectivity index is 1.35. The van der Waals surface area contributed by atoms with Crippen LogP contribution < -0.4 is 5.32 Å². The van der Waals surface area contributed by atoms with E-state index in [1.807, 2.05) is 52.5 Å². The number of fused-ring (bicyclic) bond motifs is 1. The molecule has 32 heavy (non-hydrogen) atoms. The van der Waals surface area contributed by atoms with Crippen molar-refractivity contribution in [2.24, 2.45) is 0 Å². The van der Waals surface area contributed by atoms with Crippen LogP contribution >= 0.6 is 11.3 Å². The number of amides is 1. The highest BCUT2D eigenvalue weighted by Crippen LogP contribution is 2.24. The van der Waals surface area contributed by atoms with Crippen LogP contribution in [0.5, 0.6) is 0 Å². The zero-order valence-corrected chi connectivity index (χ0v) is 18.7. The highest BCUT2D eigenvalue weighted by molar-refractivity contribution is 7.09. The van der Waals surface area contributed by atoms with Crippen molar-refractivity contribution in [1.29, 1.82) is 0 Å². The van der Waals surface area contributed by atoms with Crippen LogP contribution in [0.4, 0.5) is 0 Å². The van der Waals surface area contributed by atoms with Gasteiger partial charge in [-0.3, -0.25) is 24.0 Å². The molecule has 0 unspecified atom stereocenters. The van der Waals surface area contributed by atoms with Gasteiger partial charge in [-0.05, 0) is 42.8 Å². The number of carbonyl (C=O) groups is 1. The molecular weight excluding hydrogens is 422 g/mol. The van der Waals surface area contributed by atoms with E-state index in [0.717, 1.165) is 48.2 Å². The van der Waals surface area contributed by atoms with Crippen molar-refractivity contribution >= 4 is 22.9 Å². The third-order valence-electron chi connectivity index (χ3n) is 5.84. The van der Waals surface area contributed by atoms with Crippen molar-refractivity contribution in [1.82, 2.24) is 34.7 Å². The smallest absolute Gasteiger partial charge is 0.253 e. The molecule has 8 nitrogen and oxygen atoms in total. The summed E-state index contributed by atoms with van der Waals surface area (Å²) < 4.78 is 1.95. The van der Waals surface area contributed by atoms with Crippen molar-refractivity contribution in [2.45, 2.75) is 19.1 Å². The molecule has 1 aliphatic heterocycles. The molecule has 4 aromatic heterocycles. The first kappa shape index (κ1) is 20.7. The van der Waals surface area contributed by atoms with Crippen LogP contribution in [0.3, 0.4) is 0 Å². The van der Waals surface area contributed by atoms with E-state index in [-0.39, 0.29) is 11.9 Å². The monoisotopic (exact) mass is 447 g/mol. The Kier molecular flexibility index (Phi) is 5.93. The fraction of sp³-hybridized carbons (Fsp3) is 0.304. The minimum absolute atomic E-state index is 0.0758. The minimum atomic E-state index is -0.103. The third-order valence-corrected chi connectivity index (χ3v) is 6.71. The zero-order valence-electron chi connectivity index (χ0n) is 17.9. The Morgan fingerprint density at radius 2 is 2.09 bits per heavy atom. The molecule has 0 radical (unpaired) electrons. The molecule has 1 fully saturated rings. The molecule has 1 N–H and O–H groups in total. The van der Waals surface area contributed by atoms with Crippen molar-refractivity contribution in [3.63, 3.8) is 0 Å². The molecule has 0 spiro atoms. The summed E-state index contributed by atoms with van der Waals surface area (Å²) >= 11 is 1.63. The lowest BCUT2D eigenvalue weighted by molar-refractivity contribution is 0.0844. The maximum absolute atomic E-state index is 12.7. The SMILES string of the molecule is CN1CCN(Cc2ccccn2)C[C@@H]1c1nnc2ccc(C(=O)NCc3cccs3)cn12. The fourth-order valence-corrected chi connectivity index (χ4v) is 4.67. The van der Waals surface area contributed by atoms with Crippen molar-refractivity contribution < 1.29 is 4.79 Å². The van der Waals surface area contributed by atoms with Gasteiger partial charge in [0.25, 0.3) is 5.91 Å². The number of rotatable bonds is 6. The minimum Gasteiger partial charge on any atom is -0.347 e. The topological polar surface area (TPSA) is 78.7 Å². The van der Waals surface area contributed by atoms with Crippen molar-refractivity contribution in [3.8, 4) is 0 Å². The van der Waals surface area contributed by atoms with Crippen LogP contribution in [0.2, 0.25) is 0 Å². The molecule has 164 valence electrons. The Labute approximate surface area is 190 Å². The average molecular weight is 448 g/mol. The summed E-state index contributed by atoms with van der Waals surface area (Å²) in [4.78, 5) is 23.0. The number of hydrogen-bond donors (Lipinski definition) is 1. The summed E-state index contributed by atoms with van der Waals surface area (Å²) in [7, 11) is 2.11. The number of thiophene rings is 1. The molecule has 1 atom stereocenters. The first-order valence-corrected chi connectivity index (χ1v) is 11.5. The van der Waals surface area contributed by atoms with Gasteiger partial charge in [-0.2, -0.15) is 0 Å². The second-order valence-corrected chi connectivity index (χ2v) is 9.05. The summed E-state index contributed by atoms with van der Waals surface area (Å²) in [6.45, 7) is 4.04. The van der Waals surface area contributed by atoms with Gasteiger partial charge in [0.2, 0.25) is 0 Å². The molecule has 0 aromatic carbocycles. The van der Waals surface area contributed by atoms with Gasteiger partial charge in [-0.25, -0.2) is 0 Å². The van der Waals surface area contributed by atoms with Gasteiger partial charge in [0.15, 0.2) is 11.5 Å². The number of aromatic nitrogens is 4. The van der Waals surface area contributed by atoms with Gasteiger partial charge in [0.05, 0.1) is 23.8 Å². The highest BCUT2D eigenvalue weighted by Gasteiger charge is 2.29. The average Bonchev–Trinajstić information content (AvgIpc) is 3.49. The Morgan fingerprint density at radius 1 is 1.16 bits per heavy atom. The van der Waals surface area contributed by atoms with Crippen molar-refractivity contribution in [2.75, 3.05) is 26.7 Å². The van der Waals surface area contributed by atoms with Crippen LogP contribution in [0, 0.1) is 0 Å². The Hall–Kier alpha value is -3.14. The molecule has 4 aromatic rings. The Morgan fingerprint density at radius 3 is 2.91 bits per heavy atom. The summed E-state index contributed by atoms with van der Waals surface area (Å²) in [5.74, 6) is 0.745. The summed E-state index contributed by atoms with van der Waals surface area (Å²) in [6, 6.07) is 13.7. The van der Waals surface area contributed by atoms with Gasteiger partial charge < -0.3 is 5.32 Å². The third kappa shape index (κ3) is 4.40. The van der Waals surface area contributed by atoms with E-state index in [1.165, 1.54) is 0 Å². The predicted octanol–water partition coefficient (Wildman–Crippen LogP) is 2.60. The van der Waals surface area contributed by atoms with E-state index < -0.39 is 0 Å². The van der Waals surface area contributed by atoms with E-state index in [0.29, 0.717) is 12.1 Å². The number of hydrogen-bond acceptors (Lipinski definition) is 7. The standard InChI is InChI=1S/C23H25N7OS/c1-28-10-11-29(15-18-5-2-3-9-24-18)16-20(28)22-27-26-21-8-7-17(14-30(21)22)23(31)25-13-19-6-4-12-32-19/h2-9,12,14,20H,10-11,13,15-16H2,1H3,(H,25,31)/t20-/m1/s1. The predicted molar refractivity (Wildman–Crippen MR) is 123 cm³/mol. The molecule has 9 heteroatoms. The van der Waals surface area contributed by atoms with Gasteiger partial charge in [-0.1, -0.05) is 12.1 Å². The quantitative estimate of drug-likeness (QED) is 0.490. The lowest BCUT2D eigenvalue weighted by Gasteiger charge is -2.38. The molecule has 1 aliphatic rings. The number of piperazine rings is 1. The van der Waals surface area contributed by atoms with E-state index in [2.05, 4.69) is 43.4 Å². The maximum Gasteiger partial charge on any atom is 0.253 e. The second kappa shape index (κ2) is 9.15. The molecule has 5 rings (SSSR count). The van der Waals surface area contributed by atoms with E-state index in [1.54, 1.807) is 17.4 Å². The molecule has 0 aliphatic carbocycles. The van der Waals surface area contributed by atoms with Gasteiger partial charge >= 0.3 is 0 Å². The van der Waals surface area contributed by atoms with Gasteiger partial charge in [0.1, 0.15) is 0 Å². The van der Waals surface area contributed by atoms with Crippen LogP contribution in [-0.2, 0) is 13.1 Å². The first-order chi connectivity index (χ1) is 15.7. The molecule has 1 saturated heterocycles. The first-order valence-electron chi connectivity index (χ1n) is 10.6. The molecule has 1 amide bonds. The normalized spacial score (nSPS) is 17.6. The molecule has 5 heterocycles. The molecule has 0 bridgehead atoms. The van der Waals surface area contributed by atoms with Gasteiger partial charge in [0, 0.05) is 43.4 Å². The van der Waals surface area contributed by atoms with Gasteiger partial charge in [-0.15, -0.1) is 21.5 Å². The number of nitrogens with zero attached hydrogens (tertiary/aromatic N) is 6. The summed E-state index contributed by atoms with van der Waals surface area (Å²) in [6.07, 6.45) is 3.68. The van der Waals surface area contributed by atoms with Crippen LogP contribution in [0.25, 0.3) is 5.65 Å². The van der Waals surface area contributed by atoms with Crippen LogP contribution in [0.15, 0.2) is 60.2 Å². The lowest BCUT2D eigenvalue weighted by atomic mass is 10.1. The van der Waals surface area contributed by atoms with Crippen LogP contribution in [-0.4, -0.2) is 62.0 Å². The number of pyridine rings is 2. The maximum atomic E-state index is 12.7. The van der Waals surface area contributed by atoms with E-state index in [9.17, 15) is 4.79 Å². The highest BCUT2D eigenvalue weighted by atomic mass is 32.1. The second-order valence-electron chi connectivity index (χ2n) is 8.02. The largest absolute Gasteiger partial charge is 0.347 e. The van der Waals surface area contributed by atoms with E-state index in [4.69, 9.17) is 0 Å². The van der Waals surface area contributed by atoms with Crippen LogP contribution in [0.1, 0.15) is 32.8 Å². The summed E-state index contributed by atoms with van der Waals surface area (Å²) in [5.41, 5.74) is 2.40. The zero-order chi connectivity index (χ0) is 21.9. The fourth-order valence-electron chi connectivity index (χ4n) is 4.03. The number of nitrogens with one attached hydrogen (secondary N) is 1. The summed E-state index contributed by atoms with van der Waals surface area (Å²) in [5, 5.41) is 13.8. The molecule has 0 saturated carbocycles. The number of likely N-dealkylation sites (N-methyl/N-ethyl adjacent to an activating group) is 1. The van der Waals surface area contributed by atoms with Crippen molar-refractivity contribution in [3.05, 3.63) is 82.2 Å². The lowest BCUT2D eigenvalue weighted by Crippen LogP contribution is -2.46. The Bertz CT molecular complexity index is 1190.